The van der Waals surface area contributed by atoms with E-state index in [1.165, 1.54) is 12.8 Å². The van der Waals surface area contributed by atoms with Crippen LogP contribution in [0.3, 0.4) is 0 Å². The average Bonchev–Trinajstić information content (AvgIpc) is 2.23. The van der Waals surface area contributed by atoms with E-state index in [0.717, 1.165) is 25.0 Å². The third-order valence-corrected chi connectivity index (χ3v) is 4.70. The molecule has 0 aromatic rings. The summed E-state index contributed by atoms with van der Waals surface area (Å²) in [6.45, 7) is 8.52. The van der Waals surface area contributed by atoms with E-state index in [0.29, 0.717) is 15.0 Å². The summed E-state index contributed by atoms with van der Waals surface area (Å²) in [5, 5.41) is 1.09. The van der Waals surface area contributed by atoms with Gasteiger partial charge in [-0.2, -0.15) is 0 Å². The SMILES string of the molecule is C[Si](C)(C)C#C[Se]CCOC1CCCCO1. The van der Waals surface area contributed by atoms with Crippen LogP contribution in [0.5, 0.6) is 0 Å². The van der Waals surface area contributed by atoms with Crippen molar-refractivity contribution in [1.82, 2.24) is 0 Å². The van der Waals surface area contributed by atoms with Gasteiger partial charge in [0.1, 0.15) is 0 Å². The minimum absolute atomic E-state index is 0.0644. The maximum atomic E-state index is 5.65. The van der Waals surface area contributed by atoms with Crippen molar-refractivity contribution in [3.8, 4) is 10.4 Å². The van der Waals surface area contributed by atoms with Gasteiger partial charge in [0.2, 0.25) is 0 Å². The molecule has 0 aromatic carbocycles. The first-order valence-electron chi connectivity index (χ1n) is 5.95. The van der Waals surface area contributed by atoms with Crippen LogP contribution in [0.1, 0.15) is 19.3 Å². The van der Waals surface area contributed by atoms with Gasteiger partial charge in [0, 0.05) is 0 Å². The van der Waals surface area contributed by atoms with E-state index in [4.69, 9.17) is 9.47 Å². The molecule has 0 amide bonds. The Morgan fingerprint density at radius 3 is 2.81 bits per heavy atom. The van der Waals surface area contributed by atoms with Crippen molar-refractivity contribution >= 4 is 23.0 Å². The Bertz CT molecular complexity index is 246. The zero-order valence-corrected chi connectivity index (χ0v) is 13.3. The number of hydrogen-bond donors (Lipinski definition) is 0. The quantitative estimate of drug-likeness (QED) is 0.451. The number of rotatable bonds is 4. The fraction of sp³-hybridized carbons (Fsp3) is 0.833. The molecule has 2 nitrogen and oxygen atoms in total. The van der Waals surface area contributed by atoms with Gasteiger partial charge in [-0.3, -0.25) is 0 Å². The van der Waals surface area contributed by atoms with E-state index in [9.17, 15) is 0 Å². The maximum absolute atomic E-state index is 5.65. The van der Waals surface area contributed by atoms with Crippen molar-refractivity contribution in [3.05, 3.63) is 0 Å². The molecule has 1 saturated heterocycles. The van der Waals surface area contributed by atoms with Crippen molar-refractivity contribution in [2.45, 2.75) is 50.5 Å². The van der Waals surface area contributed by atoms with Gasteiger partial charge in [-0.25, -0.2) is 0 Å². The van der Waals surface area contributed by atoms with E-state index in [2.05, 4.69) is 30.0 Å². The van der Waals surface area contributed by atoms with Crippen LogP contribution in [0.25, 0.3) is 0 Å². The standard InChI is InChI=1S/C12H22O2SeSi/c1-16(2,3)11-10-15-9-8-14-12-6-4-5-7-13-12/h12H,4-9H2,1-3H3. The number of ether oxygens (including phenoxy) is 2. The first kappa shape index (κ1) is 14.3. The van der Waals surface area contributed by atoms with Crippen LogP contribution in [0, 0.1) is 10.4 Å². The summed E-state index contributed by atoms with van der Waals surface area (Å²) in [6.07, 6.45) is 3.55. The first-order valence-corrected chi connectivity index (χ1v) is 11.5. The molecule has 0 bridgehead atoms. The van der Waals surface area contributed by atoms with Crippen molar-refractivity contribution in [2.24, 2.45) is 0 Å². The Labute approximate surface area is 107 Å². The fourth-order valence-electron chi connectivity index (χ4n) is 1.30. The molecule has 1 rings (SSSR count). The Kier molecular flexibility index (Phi) is 6.71. The summed E-state index contributed by atoms with van der Waals surface area (Å²) in [6, 6.07) is 0. The normalized spacial score (nSPS) is 21.3. The Hall–Kier alpha value is 0.216. The Morgan fingerprint density at radius 1 is 1.38 bits per heavy atom. The number of hydrogen-bond acceptors (Lipinski definition) is 2. The van der Waals surface area contributed by atoms with Crippen molar-refractivity contribution in [3.63, 3.8) is 0 Å². The summed E-state index contributed by atoms with van der Waals surface area (Å²) < 4.78 is 11.1. The Balaban J connectivity index is 2.00. The van der Waals surface area contributed by atoms with Crippen molar-refractivity contribution in [1.29, 1.82) is 0 Å². The van der Waals surface area contributed by atoms with Crippen molar-refractivity contribution < 1.29 is 9.47 Å². The molecule has 92 valence electrons. The van der Waals surface area contributed by atoms with Crippen LogP contribution < -0.4 is 0 Å². The van der Waals surface area contributed by atoms with Gasteiger partial charge in [0.15, 0.2) is 0 Å². The van der Waals surface area contributed by atoms with Gasteiger partial charge < -0.3 is 0 Å². The second-order valence-electron chi connectivity index (χ2n) is 4.99. The topological polar surface area (TPSA) is 18.5 Å². The Morgan fingerprint density at radius 2 is 2.19 bits per heavy atom. The predicted molar refractivity (Wildman–Crippen MR) is 71.2 cm³/mol. The monoisotopic (exact) mass is 306 g/mol. The third-order valence-electron chi connectivity index (χ3n) is 2.13. The van der Waals surface area contributed by atoms with Crippen LogP contribution in [-0.2, 0) is 9.47 Å². The van der Waals surface area contributed by atoms with Crippen LogP contribution in [0.15, 0.2) is 0 Å². The van der Waals surface area contributed by atoms with Crippen molar-refractivity contribution in [2.75, 3.05) is 13.2 Å². The van der Waals surface area contributed by atoms with Gasteiger partial charge >= 0.3 is 107 Å². The molecule has 0 aliphatic carbocycles. The van der Waals surface area contributed by atoms with Gasteiger partial charge in [-0.15, -0.1) is 0 Å². The average molecular weight is 305 g/mol. The molecule has 1 aliphatic heterocycles. The molecule has 1 fully saturated rings. The molecule has 1 atom stereocenters. The molecule has 0 spiro atoms. The van der Waals surface area contributed by atoms with E-state index in [1.807, 2.05) is 0 Å². The molecule has 1 heterocycles. The van der Waals surface area contributed by atoms with E-state index in [1.54, 1.807) is 0 Å². The van der Waals surface area contributed by atoms with Crippen LogP contribution in [0.4, 0.5) is 0 Å². The first-order chi connectivity index (χ1) is 7.58. The van der Waals surface area contributed by atoms with Crippen LogP contribution >= 0.6 is 0 Å². The summed E-state index contributed by atoms with van der Waals surface area (Å²) in [5.74, 6) is 0. The molecule has 0 radical (unpaired) electrons. The molecule has 4 heteroatoms. The molecular formula is C12H22O2SeSi. The summed E-state index contributed by atoms with van der Waals surface area (Å²) >= 11 is 0.426. The van der Waals surface area contributed by atoms with Gasteiger partial charge in [-0.1, -0.05) is 0 Å². The van der Waals surface area contributed by atoms with E-state index >= 15 is 0 Å². The third kappa shape index (κ3) is 7.48. The zero-order valence-electron chi connectivity index (χ0n) is 10.5. The van der Waals surface area contributed by atoms with E-state index < -0.39 is 8.07 Å². The van der Waals surface area contributed by atoms with Gasteiger partial charge in [0.05, 0.1) is 0 Å². The minimum atomic E-state index is -1.16. The summed E-state index contributed by atoms with van der Waals surface area (Å²) in [5.41, 5.74) is 3.39. The fourth-order valence-corrected chi connectivity index (χ4v) is 4.65. The van der Waals surface area contributed by atoms with Gasteiger partial charge in [-0.05, 0) is 0 Å². The zero-order chi connectivity index (χ0) is 11.9. The van der Waals surface area contributed by atoms with Gasteiger partial charge in [0.25, 0.3) is 0 Å². The molecule has 0 saturated carbocycles. The second-order valence-corrected chi connectivity index (χ2v) is 11.6. The second kappa shape index (κ2) is 7.52. The van der Waals surface area contributed by atoms with E-state index in [-0.39, 0.29) is 6.29 Å². The van der Waals surface area contributed by atoms with Crippen LogP contribution in [-0.4, -0.2) is 42.5 Å². The molecule has 1 aliphatic rings. The summed E-state index contributed by atoms with van der Waals surface area (Å²) in [4.78, 5) is 3.32. The molecule has 16 heavy (non-hydrogen) atoms. The summed E-state index contributed by atoms with van der Waals surface area (Å²) in [7, 11) is -1.16. The molecule has 0 aromatic heterocycles. The predicted octanol–water partition coefficient (Wildman–Crippen LogP) is 2.49. The molecule has 1 unspecified atom stereocenters. The molecule has 0 N–H and O–H groups in total. The van der Waals surface area contributed by atoms with Crippen LogP contribution in [0.2, 0.25) is 25.0 Å². The molecular weight excluding hydrogens is 283 g/mol.